The second kappa shape index (κ2) is 11.9. The van der Waals surface area contributed by atoms with E-state index < -0.39 is 0 Å². The number of amides is 1. The van der Waals surface area contributed by atoms with Crippen molar-refractivity contribution in [1.82, 2.24) is 14.9 Å². The van der Waals surface area contributed by atoms with Crippen molar-refractivity contribution in [3.8, 4) is 0 Å². The van der Waals surface area contributed by atoms with Crippen LogP contribution in [0.25, 0.3) is 0 Å². The summed E-state index contributed by atoms with van der Waals surface area (Å²) in [5, 5.41) is 3.32. The predicted molar refractivity (Wildman–Crippen MR) is 121 cm³/mol. The van der Waals surface area contributed by atoms with E-state index in [0.29, 0.717) is 25.5 Å². The number of likely N-dealkylation sites (tertiary alicyclic amines) is 1. The smallest absolute Gasteiger partial charge is 0.310 e. The molecule has 2 aliphatic heterocycles. The molecule has 0 bridgehead atoms. The molecule has 1 N–H and O–H groups in total. The fraction of sp³-hybridized carbons (Fsp3) is 0.739. The van der Waals surface area contributed by atoms with Crippen LogP contribution in [0.2, 0.25) is 0 Å². The highest BCUT2D eigenvalue weighted by Crippen LogP contribution is 2.26. The summed E-state index contributed by atoms with van der Waals surface area (Å²) in [5.74, 6) is 2.13. The highest BCUT2D eigenvalue weighted by Gasteiger charge is 2.30. The Morgan fingerprint density at radius 3 is 2.81 bits per heavy atom. The molecule has 1 aromatic rings. The summed E-state index contributed by atoms with van der Waals surface area (Å²) >= 11 is 0. The lowest BCUT2D eigenvalue weighted by molar-refractivity contribution is -0.151. The van der Waals surface area contributed by atoms with Gasteiger partial charge in [-0.2, -0.15) is 0 Å². The molecule has 2 atom stereocenters. The Kier molecular flexibility index (Phi) is 8.91. The maximum Gasteiger partial charge on any atom is 0.310 e. The monoisotopic (exact) mass is 431 g/mol. The molecule has 0 saturated carbocycles. The molecule has 0 aliphatic carbocycles. The SMILES string of the molecule is CCCNc1cc(N2CCCC(CCC(=O)N3CCCC(C(=O)OCC)C3)C2)ncn1. The second-order valence-corrected chi connectivity index (χ2v) is 8.61. The third-order valence-corrected chi connectivity index (χ3v) is 6.21. The van der Waals surface area contributed by atoms with Crippen LogP contribution >= 0.6 is 0 Å². The fourth-order valence-electron chi connectivity index (χ4n) is 4.52. The average molecular weight is 432 g/mol. The van der Waals surface area contributed by atoms with E-state index in [1.54, 1.807) is 6.33 Å². The summed E-state index contributed by atoms with van der Waals surface area (Å²) < 4.78 is 5.15. The fourth-order valence-corrected chi connectivity index (χ4v) is 4.52. The molecule has 31 heavy (non-hydrogen) atoms. The molecule has 0 aromatic carbocycles. The van der Waals surface area contributed by atoms with Crippen molar-refractivity contribution in [2.75, 3.05) is 49.5 Å². The quantitative estimate of drug-likeness (QED) is 0.601. The first kappa shape index (κ1) is 23.3. The lowest BCUT2D eigenvalue weighted by Crippen LogP contribution is -2.43. The van der Waals surface area contributed by atoms with Gasteiger partial charge in [-0.25, -0.2) is 9.97 Å². The van der Waals surface area contributed by atoms with E-state index in [9.17, 15) is 9.59 Å². The Bertz CT molecular complexity index is 729. The summed E-state index contributed by atoms with van der Waals surface area (Å²) in [6.07, 6.45) is 8.02. The van der Waals surface area contributed by atoms with Gasteiger partial charge in [0.25, 0.3) is 0 Å². The number of esters is 1. The van der Waals surface area contributed by atoms with E-state index in [-0.39, 0.29) is 17.8 Å². The minimum atomic E-state index is -0.170. The van der Waals surface area contributed by atoms with E-state index in [0.717, 1.165) is 76.3 Å². The van der Waals surface area contributed by atoms with Gasteiger partial charge >= 0.3 is 5.97 Å². The molecule has 2 fully saturated rings. The number of nitrogens with zero attached hydrogens (tertiary/aromatic N) is 4. The standard InChI is InChI=1S/C23H37N5O3/c1-3-11-24-20-14-21(26-17-25-20)27-12-5-7-18(15-27)9-10-22(29)28-13-6-8-19(16-28)23(30)31-4-2/h14,17-19H,3-13,15-16H2,1-2H3,(H,24,25,26). The molecule has 3 rings (SSSR count). The van der Waals surface area contributed by atoms with Crippen molar-refractivity contribution < 1.29 is 14.3 Å². The summed E-state index contributed by atoms with van der Waals surface area (Å²) in [4.78, 5) is 37.8. The van der Waals surface area contributed by atoms with Gasteiger partial charge in [0.1, 0.15) is 18.0 Å². The van der Waals surface area contributed by atoms with Crippen LogP contribution in [0.3, 0.4) is 0 Å². The van der Waals surface area contributed by atoms with Crippen LogP contribution in [0, 0.1) is 11.8 Å². The van der Waals surface area contributed by atoms with Crippen molar-refractivity contribution in [2.45, 2.75) is 58.8 Å². The molecule has 2 saturated heterocycles. The number of rotatable bonds is 9. The van der Waals surface area contributed by atoms with Crippen molar-refractivity contribution in [1.29, 1.82) is 0 Å². The molecular weight excluding hydrogens is 394 g/mol. The van der Waals surface area contributed by atoms with Gasteiger partial charge in [-0.3, -0.25) is 9.59 Å². The molecule has 1 amide bonds. The van der Waals surface area contributed by atoms with Crippen LogP contribution in [0.4, 0.5) is 11.6 Å². The normalized spacial score (nSPS) is 21.6. The van der Waals surface area contributed by atoms with Crippen LogP contribution in [0.15, 0.2) is 12.4 Å². The average Bonchev–Trinajstić information content (AvgIpc) is 2.82. The molecule has 0 spiro atoms. The first-order valence-electron chi connectivity index (χ1n) is 11.9. The molecule has 172 valence electrons. The molecule has 8 nitrogen and oxygen atoms in total. The van der Waals surface area contributed by atoms with Crippen LogP contribution in [-0.4, -0.2) is 66.1 Å². The first-order valence-corrected chi connectivity index (χ1v) is 11.9. The Balaban J connectivity index is 1.48. The van der Waals surface area contributed by atoms with Gasteiger partial charge in [0.15, 0.2) is 0 Å². The summed E-state index contributed by atoms with van der Waals surface area (Å²) in [6, 6.07) is 2.02. The molecule has 2 unspecified atom stereocenters. The van der Waals surface area contributed by atoms with Crippen LogP contribution in [-0.2, 0) is 14.3 Å². The molecule has 2 aliphatic rings. The number of ether oxygens (including phenoxy) is 1. The van der Waals surface area contributed by atoms with Gasteiger partial charge in [-0.15, -0.1) is 0 Å². The van der Waals surface area contributed by atoms with Crippen molar-refractivity contribution in [3.05, 3.63) is 12.4 Å². The zero-order valence-corrected chi connectivity index (χ0v) is 19.0. The van der Waals surface area contributed by atoms with Gasteiger partial charge in [0, 0.05) is 45.2 Å². The number of carbonyl (C=O) groups is 2. The van der Waals surface area contributed by atoms with Crippen LogP contribution in [0.1, 0.15) is 58.8 Å². The van der Waals surface area contributed by atoms with E-state index in [1.165, 1.54) is 0 Å². The Labute approximate surface area is 185 Å². The summed E-state index contributed by atoms with van der Waals surface area (Å²) in [5.41, 5.74) is 0. The minimum Gasteiger partial charge on any atom is -0.466 e. The highest BCUT2D eigenvalue weighted by molar-refractivity contribution is 5.78. The molecular formula is C23H37N5O3. The van der Waals surface area contributed by atoms with Crippen LogP contribution in [0.5, 0.6) is 0 Å². The first-order chi connectivity index (χ1) is 15.1. The number of piperidine rings is 2. The summed E-state index contributed by atoms with van der Waals surface area (Å²) in [6.45, 7) is 8.40. The maximum atomic E-state index is 12.8. The molecule has 3 heterocycles. The van der Waals surface area contributed by atoms with Crippen molar-refractivity contribution in [2.24, 2.45) is 11.8 Å². The van der Waals surface area contributed by atoms with Gasteiger partial charge in [0.2, 0.25) is 5.91 Å². The number of carbonyl (C=O) groups excluding carboxylic acids is 2. The third-order valence-electron chi connectivity index (χ3n) is 6.21. The van der Waals surface area contributed by atoms with Gasteiger partial charge in [0.05, 0.1) is 12.5 Å². The summed E-state index contributed by atoms with van der Waals surface area (Å²) in [7, 11) is 0. The van der Waals surface area contributed by atoms with Crippen molar-refractivity contribution >= 4 is 23.5 Å². The van der Waals surface area contributed by atoms with Gasteiger partial charge < -0.3 is 19.9 Å². The Morgan fingerprint density at radius 1 is 1.16 bits per heavy atom. The minimum absolute atomic E-state index is 0.166. The number of hydrogen-bond donors (Lipinski definition) is 1. The number of hydrogen-bond acceptors (Lipinski definition) is 7. The Morgan fingerprint density at radius 2 is 2.00 bits per heavy atom. The van der Waals surface area contributed by atoms with E-state index in [4.69, 9.17) is 4.74 Å². The van der Waals surface area contributed by atoms with E-state index in [1.807, 2.05) is 17.9 Å². The number of aromatic nitrogens is 2. The highest BCUT2D eigenvalue weighted by atomic mass is 16.5. The maximum absolute atomic E-state index is 12.8. The number of anilines is 2. The number of nitrogens with one attached hydrogen (secondary N) is 1. The second-order valence-electron chi connectivity index (χ2n) is 8.61. The van der Waals surface area contributed by atoms with E-state index >= 15 is 0 Å². The van der Waals surface area contributed by atoms with Crippen molar-refractivity contribution in [3.63, 3.8) is 0 Å². The Hall–Kier alpha value is -2.38. The zero-order chi connectivity index (χ0) is 22.1. The van der Waals surface area contributed by atoms with Crippen LogP contribution < -0.4 is 10.2 Å². The van der Waals surface area contributed by atoms with Gasteiger partial charge in [-0.05, 0) is 51.4 Å². The van der Waals surface area contributed by atoms with E-state index in [2.05, 4.69) is 27.1 Å². The lowest BCUT2D eigenvalue weighted by atomic mass is 9.92. The molecule has 8 heteroatoms. The topological polar surface area (TPSA) is 87.7 Å². The predicted octanol–water partition coefficient (Wildman–Crippen LogP) is 3.10. The largest absolute Gasteiger partial charge is 0.466 e. The molecule has 0 radical (unpaired) electrons. The molecule has 1 aromatic heterocycles. The zero-order valence-electron chi connectivity index (χ0n) is 19.0. The third kappa shape index (κ3) is 6.80. The van der Waals surface area contributed by atoms with Gasteiger partial charge in [-0.1, -0.05) is 6.92 Å². The lowest BCUT2D eigenvalue weighted by Gasteiger charge is -2.35.